The van der Waals surface area contributed by atoms with E-state index < -0.39 is 0 Å². The van der Waals surface area contributed by atoms with Gasteiger partial charge in [-0.1, -0.05) is 11.8 Å². The summed E-state index contributed by atoms with van der Waals surface area (Å²) in [6.45, 7) is 0.452. The van der Waals surface area contributed by atoms with Crippen LogP contribution in [-0.4, -0.2) is 13.2 Å². The SMILES string of the molecule is C#CCOc1[c]ccc(OCC#C)c1. The van der Waals surface area contributed by atoms with Gasteiger partial charge in [-0.15, -0.1) is 12.8 Å². The fourth-order valence-corrected chi connectivity index (χ4v) is 0.842. The molecule has 0 heterocycles. The minimum absolute atomic E-state index is 0.217. The van der Waals surface area contributed by atoms with Crippen LogP contribution in [0, 0.1) is 30.8 Å². The molecule has 0 aliphatic carbocycles. The van der Waals surface area contributed by atoms with Crippen LogP contribution in [0.4, 0.5) is 0 Å². The topological polar surface area (TPSA) is 18.5 Å². The molecule has 0 amide bonds. The molecule has 2 nitrogen and oxygen atoms in total. The summed E-state index contributed by atoms with van der Waals surface area (Å²) in [4.78, 5) is 0. The van der Waals surface area contributed by atoms with Gasteiger partial charge in [-0.25, -0.2) is 0 Å². The molecular weight excluding hydrogens is 176 g/mol. The second kappa shape index (κ2) is 5.56. The van der Waals surface area contributed by atoms with Crippen LogP contribution in [0.25, 0.3) is 0 Å². The Morgan fingerprint density at radius 3 is 2.64 bits per heavy atom. The van der Waals surface area contributed by atoms with Gasteiger partial charge in [0.05, 0.1) is 0 Å². The van der Waals surface area contributed by atoms with Crippen LogP contribution in [0.3, 0.4) is 0 Å². The predicted molar refractivity (Wildman–Crippen MR) is 53.9 cm³/mol. The van der Waals surface area contributed by atoms with E-state index in [2.05, 4.69) is 17.9 Å². The fraction of sp³-hybridized carbons (Fsp3) is 0.167. The highest BCUT2D eigenvalue weighted by Gasteiger charge is 1.96. The molecule has 0 atom stereocenters. The van der Waals surface area contributed by atoms with Crippen LogP contribution in [0.1, 0.15) is 0 Å². The van der Waals surface area contributed by atoms with Crippen LogP contribution in [0.5, 0.6) is 11.5 Å². The van der Waals surface area contributed by atoms with Gasteiger partial charge in [0.1, 0.15) is 24.7 Å². The number of hydrogen-bond donors (Lipinski definition) is 0. The summed E-state index contributed by atoms with van der Waals surface area (Å²) in [5.41, 5.74) is 0. The first-order chi connectivity index (χ1) is 6.86. The maximum Gasteiger partial charge on any atom is 0.148 e. The molecular formula is C12H9O2. The third-order valence-electron chi connectivity index (χ3n) is 1.38. The molecule has 0 aromatic heterocycles. The van der Waals surface area contributed by atoms with E-state index in [1.165, 1.54) is 0 Å². The van der Waals surface area contributed by atoms with Crippen LogP contribution in [-0.2, 0) is 0 Å². The van der Waals surface area contributed by atoms with Crippen molar-refractivity contribution < 1.29 is 9.47 Å². The molecule has 0 bridgehead atoms. The Morgan fingerprint density at radius 1 is 1.21 bits per heavy atom. The van der Waals surface area contributed by atoms with Crippen LogP contribution in [0.2, 0.25) is 0 Å². The molecule has 0 fully saturated rings. The van der Waals surface area contributed by atoms with E-state index in [0.29, 0.717) is 11.5 Å². The van der Waals surface area contributed by atoms with Crippen molar-refractivity contribution in [2.45, 2.75) is 0 Å². The van der Waals surface area contributed by atoms with Crippen molar-refractivity contribution >= 4 is 0 Å². The Bertz CT molecular complexity index is 335. The van der Waals surface area contributed by atoms with E-state index in [1.807, 2.05) is 0 Å². The molecule has 0 saturated heterocycles. The molecule has 0 aliphatic heterocycles. The standard InChI is InChI=1S/C12H9O2/c1-3-8-13-11-6-5-7-12(10-11)14-9-4-2/h1-2,5-6,10H,8-9H2. The summed E-state index contributed by atoms with van der Waals surface area (Å²) >= 11 is 0. The van der Waals surface area contributed by atoms with Gasteiger partial charge in [0, 0.05) is 12.1 Å². The third kappa shape index (κ3) is 3.13. The number of hydrogen-bond acceptors (Lipinski definition) is 2. The zero-order valence-electron chi connectivity index (χ0n) is 7.62. The summed E-state index contributed by atoms with van der Waals surface area (Å²) in [6.07, 6.45) is 10.1. The van der Waals surface area contributed by atoms with E-state index in [1.54, 1.807) is 18.2 Å². The second-order valence-electron chi connectivity index (χ2n) is 2.37. The largest absolute Gasteiger partial charge is 0.481 e. The van der Waals surface area contributed by atoms with Gasteiger partial charge in [0.25, 0.3) is 0 Å². The Labute approximate surface area is 83.8 Å². The third-order valence-corrected chi connectivity index (χ3v) is 1.38. The summed E-state index contributed by atoms with van der Waals surface area (Å²) in [7, 11) is 0. The summed E-state index contributed by atoms with van der Waals surface area (Å²) in [5, 5.41) is 0. The van der Waals surface area contributed by atoms with Gasteiger partial charge >= 0.3 is 0 Å². The molecule has 0 spiro atoms. The smallest absolute Gasteiger partial charge is 0.148 e. The van der Waals surface area contributed by atoms with Gasteiger partial charge in [0.2, 0.25) is 0 Å². The van der Waals surface area contributed by atoms with E-state index in [0.717, 1.165) is 0 Å². The van der Waals surface area contributed by atoms with Crippen molar-refractivity contribution in [1.29, 1.82) is 0 Å². The zero-order valence-corrected chi connectivity index (χ0v) is 7.62. The van der Waals surface area contributed by atoms with E-state index in [4.69, 9.17) is 22.3 Å². The number of benzene rings is 1. The number of rotatable bonds is 4. The average molecular weight is 185 g/mol. The number of ether oxygens (including phenoxy) is 2. The maximum atomic E-state index is 5.19. The lowest BCUT2D eigenvalue weighted by Gasteiger charge is -2.04. The quantitative estimate of drug-likeness (QED) is 0.662. The highest BCUT2D eigenvalue weighted by atomic mass is 16.5. The second-order valence-corrected chi connectivity index (χ2v) is 2.37. The molecule has 1 aromatic rings. The molecule has 0 N–H and O–H groups in total. The zero-order chi connectivity index (χ0) is 10.2. The Hall–Kier alpha value is -2.06. The Morgan fingerprint density at radius 2 is 1.93 bits per heavy atom. The average Bonchev–Trinajstić information content (AvgIpc) is 2.24. The predicted octanol–water partition coefficient (Wildman–Crippen LogP) is 1.51. The van der Waals surface area contributed by atoms with Gasteiger partial charge in [0.15, 0.2) is 0 Å². The highest BCUT2D eigenvalue weighted by molar-refractivity contribution is 5.32. The number of terminal acetylenes is 2. The first-order valence-electron chi connectivity index (χ1n) is 4.01. The molecule has 0 aliphatic rings. The summed E-state index contributed by atoms with van der Waals surface area (Å²) in [5.74, 6) is 5.94. The summed E-state index contributed by atoms with van der Waals surface area (Å²) in [6, 6.07) is 8.00. The van der Waals surface area contributed by atoms with Crippen molar-refractivity contribution in [2.75, 3.05) is 13.2 Å². The minimum Gasteiger partial charge on any atom is -0.481 e. The molecule has 1 radical (unpaired) electrons. The Balaban J connectivity index is 2.61. The normalized spacial score (nSPS) is 8.43. The molecule has 1 aromatic carbocycles. The molecule has 0 unspecified atom stereocenters. The minimum atomic E-state index is 0.217. The van der Waals surface area contributed by atoms with Gasteiger partial charge in [-0.05, 0) is 12.1 Å². The van der Waals surface area contributed by atoms with Crippen LogP contribution in [0.15, 0.2) is 18.2 Å². The van der Waals surface area contributed by atoms with Crippen molar-refractivity contribution in [1.82, 2.24) is 0 Å². The van der Waals surface area contributed by atoms with Gasteiger partial charge < -0.3 is 9.47 Å². The lowest BCUT2D eigenvalue weighted by molar-refractivity contribution is 0.351. The van der Waals surface area contributed by atoms with Crippen molar-refractivity contribution in [2.24, 2.45) is 0 Å². The first-order valence-corrected chi connectivity index (χ1v) is 4.01. The van der Waals surface area contributed by atoms with E-state index >= 15 is 0 Å². The van der Waals surface area contributed by atoms with Crippen LogP contribution >= 0.6 is 0 Å². The first kappa shape index (κ1) is 10.0. The van der Waals surface area contributed by atoms with Crippen molar-refractivity contribution in [3.8, 4) is 36.2 Å². The van der Waals surface area contributed by atoms with Crippen molar-refractivity contribution in [3.05, 3.63) is 24.3 Å². The lowest BCUT2D eigenvalue weighted by Crippen LogP contribution is -1.96. The van der Waals surface area contributed by atoms with Crippen LogP contribution < -0.4 is 9.47 Å². The van der Waals surface area contributed by atoms with Gasteiger partial charge in [-0.3, -0.25) is 0 Å². The molecule has 14 heavy (non-hydrogen) atoms. The molecule has 69 valence electrons. The maximum absolute atomic E-state index is 5.19. The monoisotopic (exact) mass is 185 g/mol. The van der Waals surface area contributed by atoms with E-state index in [9.17, 15) is 0 Å². The Kier molecular flexibility index (Phi) is 3.98. The highest BCUT2D eigenvalue weighted by Crippen LogP contribution is 2.18. The van der Waals surface area contributed by atoms with Crippen molar-refractivity contribution in [3.63, 3.8) is 0 Å². The van der Waals surface area contributed by atoms with Gasteiger partial charge in [-0.2, -0.15) is 0 Å². The lowest BCUT2D eigenvalue weighted by atomic mass is 10.3. The fourth-order valence-electron chi connectivity index (χ4n) is 0.842. The van der Waals surface area contributed by atoms with E-state index in [-0.39, 0.29) is 13.2 Å². The molecule has 0 saturated carbocycles. The molecule has 1 rings (SSSR count). The summed E-state index contributed by atoms with van der Waals surface area (Å²) < 4.78 is 10.3. The molecule has 2 heteroatoms.